The average molecular weight is 1380 g/mol. The number of carbonyl (C=O) groups excluding carboxylic acids is 2. The van der Waals surface area contributed by atoms with Gasteiger partial charge in [-0.05, 0) is 12.8 Å². The summed E-state index contributed by atoms with van der Waals surface area (Å²) < 4.78 is 34.8. The molecule has 96 heavy (non-hydrogen) atoms. The van der Waals surface area contributed by atoms with Gasteiger partial charge in [-0.15, -0.1) is 0 Å². The number of unbranched alkanes of at least 4 members (excludes halogenated alkanes) is 40. The van der Waals surface area contributed by atoms with Crippen LogP contribution in [0.1, 0.15) is 310 Å². The number of carboxylic acid groups (broad SMARTS) is 1. The lowest BCUT2D eigenvalue weighted by molar-refractivity contribution is -0.386. The first-order chi connectivity index (χ1) is 46.4. The normalized spacial score (nSPS) is 27.5. The third kappa shape index (κ3) is 34.6. The van der Waals surface area contributed by atoms with Gasteiger partial charge in [-0.25, -0.2) is 4.79 Å². The second-order valence-corrected chi connectivity index (χ2v) is 28.2. The van der Waals surface area contributed by atoms with Gasteiger partial charge in [-0.3, -0.25) is 9.59 Å². The summed E-state index contributed by atoms with van der Waals surface area (Å²) in [4.78, 5) is 38.5. The van der Waals surface area contributed by atoms with E-state index in [1.165, 1.54) is 212 Å². The molecule has 3 aliphatic heterocycles. The van der Waals surface area contributed by atoms with E-state index < -0.39 is 148 Å². The lowest BCUT2D eigenvalue weighted by atomic mass is 9.88. The number of amides is 2. The Kier molecular flexibility index (Phi) is 49.0. The smallest absolute Gasteiger partial charge is 0.364 e. The fraction of sp³-hybridized carbons (Fsp3) is 0.959. The number of hydrogen-bond donors (Lipinski definition) is 14. The number of aliphatic hydroxyl groups is 11. The molecule has 0 aromatic carbocycles. The third-order valence-electron chi connectivity index (χ3n) is 19.8. The van der Waals surface area contributed by atoms with Crippen LogP contribution in [0.25, 0.3) is 0 Å². The van der Waals surface area contributed by atoms with E-state index in [9.17, 15) is 75.7 Å². The summed E-state index contributed by atoms with van der Waals surface area (Å²) in [6.45, 7) is 2.20. The fourth-order valence-electron chi connectivity index (χ4n) is 13.7. The predicted molar refractivity (Wildman–Crippen MR) is 366 cm³/mol. The van der Waals surface area contributed by atoms with E-state index in [1.54, 1.807) is 0 Å². The van der Waals surface area contributed by atoms with Crippen LogP contribution < -0.4 is 10.6 Å². The molecule has 566 valence electrons. The molecule has 3 saturated heterocycles. The Labute approximate surface area is 576 Å². The Bertz CT molecular complexity index is 1930. The highest BCUT2D eigenvalue weighted by Gasteiger charge is 2.60. The highest BCUT2D eigenvalue weighted by molar-refractivity contribution is 5.77. The lowest BCUT2D eigenvalue weighted by Crippen LogP contribution is -2.70. The van der Waals surface area contributed by atoms with E-state index in [0.717, 1.165) is 51.9 Å². The molecule has 2 amide bonds. The maximum Gasteiger partial charge on any atom is 0.364 e. The molecule has 18 atom stereocenters. The van der Waals surface area contributed by atoms with Gasteiger partial charge in [-0.2, -0.15) is 0 Å². The van der Waals surface area contributed by atoms with E-state index >= 15 is 0 Å². The molecule has 0 bridgehead atoms. The van der Waals surface area contributed by atoms with E-state index in [2.05, 4.69) is 24.5 Å². The Morgan fingerprint density at radius 2 is 0.906 bits per heavy atom. The first-order valence-electron chi connectivity index (χ1n) is 38.4. The van der Waals surface area contributed by atoms with Crippen molar-refractivity contribution in [2.45, 2.75) is 420 Å². The second-order valence-electron chi connectivity index (χ2n) is 28.2. The van der Waals surface area contributed by atoms with Gasteiger partial charge in [0.15, 0.2) is 12.6 Å². The quantitative estimate of drug-likeness (QED) is 0.0253. The minimum atomic E-state index is -3.08. The average Bonchev–Trinajstić information content (AvgIpc) is 0.756. The maximum atomic E-state index is 13.5. The molecule has 23 nitrogen and oxygen atoms in total. The van der Waals surface area contributed by atoms with E-state index in [4.69, 9.17) is 28.4 Å². The van der Waals surface area contributed by atoms with Crippen molar-refractivity contribution in [3.05, 3.63) is 0 Å². The molecular formula is C73H138N2O21. The minimum Gasteiger partial charge on any atom is -0.477 e. The molecule has 3 fully saturated rings. The summed E-state index contributed by atoms with van der Waals surface area (Å²) in [5, 5.41) is 136. The SMILES string of the molecule is CCCCCCCCCCCCCCCCCCCCCCCCCCCCCCCCCCCC(=O)NC(COC1OC(CO)C(OC2OC(CO)C(O)C(OC3(C(=O)O)CC(O)C(NC(C)=O)C(C(O)C(O)CO)O3)C2O)C(O)C1O)C(O)CCCCCCCCCCC. The van der Waals surface area contributed by atoms with Crippen LogP contribution in [0.5, 0.6) is 0 Å². The van der Waals surface area contributed by atoms with Crippen molar-refractivity contribution in [3.63, 3.8) is 0 Å². The molecule has 3 rings (SSSR count). The molecule has 18 unspecified atom stereocenters. The highest BCUT2D eigenvalue weighted by atomic mass is 16.8. The molecule has 0 aliphatic carbocycles. The van der Waals surface area contributed by atoms with Crippen LogP contribution in [-0.2, 0) is 42.8 Å². The second kappa shape index (κ2) is 53.5. The van der Waals surface area contributed by atoms with Crippen LogP contribution in [0.4, 0.5) is 0 Å². The van der Waals surface area contributed by atoms with E-state index in [1.807, 2.05) is 0 Å². The van der Waals surface area contributed by atoms with Gasteiger partial charge < -0.3 is 100 Å². The van der Waals surface area contributed by atoms with Crippen molar-refractivity contribution in [1.29, 1.82) is 0 Å². The first kappa shape index (κ1) is 87.9. The van der Waals surface area contributed by atoms with Crippen LogP contribution in [0.2, 0.25) is 0 Å². The molecule has 23 heteroatoms. The fourth-order valence-corrected chi connectivity index (χ4v) is 13.7. The van der Waals surface area contributed by atoms with Crippen LogP contribution in [0.15, 0.2) is 0 Å². The van der Waals surface area contributed by atoms with Gasteiger partial charge in [0.2, 0.25) is 11.8 Å². The zero-order chi connectivity index (χ0) is 70.4. The van der Waals surface area contributed by atoms with E-state index in [-0.39, 0.29) is 18.9 Å². The third-order valence-corrected chi connectivity index (χ3v) is 19.8. The number of carbonyl (C=O) groups is 3. The van der Waals surface area contributed by atoms with Gasteiger partial charge in [-0.1, -0.05) is 277 Å². The Hall–Kier alpha value is -2.27. The number of nitrogens with one attached hydrogen (secondary N) is 2. The van der Waals surface area contributed by atoms with E-state index in [0.29, 0.717) is 19.3 Å². The molecule has 0 aromatic heterocycles. The molecular weight excluding hydrogens is 1240 g/mol. The summed E-state index contributed by atoms with van der Waals surface area (Å²) in [6.07, 6.45) is 24.6. The standard InChI is InChI=1S/C73H138N2O21/c1-4-6-8-10-12-14-15-16-17-18-19-20-21-22-23-24-25-26-27-28-29-30-31-32-33-34-35-36-37-39-41-43-45-47-60(83)75-54(55(80)46-44-42-40-38-13-11-9-7-5-2)52-91-70-65(87)64(86)67(59(51-78)93-70)94-71-66(88)69(63(85)58(50-77)92-71)96-73(72(89)90)48-56(81)61(74-53(3)79)68(95-73)62(84)57(82)49-76/h54-59,61-71,76-78,80-82,84-88H,4-52H2,1-3H3,(H,74,79)(H,75,83)(H,89,90). The topological polar surface area (TPSA) is 373 Å². The van der Waals surface area contributed by atoms with Crippen LogP contribution in [0, 0.1) is 0 Å². The van der Waals surface area contributed by atoms with Crippen molar-refractivity contribution in [1.82, 2.24) is 10.6 Å². The molecule has 3 heterocycles. The molecule has 0 aromatic rings. The van der Waals surface area contributed by atoms with Crippen molar-refractivity contribution in [2.75, 3.05) is 26.4 Å². The lowest BCUT2D eigenvalue weighted by Gasteiger charge is -2.50. The summed E-state index contributed by atoms with van der Waals surface area (Å²) in [6, 6.07) is -2.52. The Morgan fingerprint density at radius 1 is 0.500 bits per heavy atom. The van der Waals surface area contributed by atoms with Gasteiger partial charge in [0.05, 0.1) is 50.7 Å². The summed E-state index contributed by atoms with van der Waals surface area (Å²) in [5.41, 5.74) is 0. The largest absolute Gasteiger partial charge is 0.477 e. The van der Waals surface area contributed by atoms with Gasteiger partial charge in [0, 0.05) is 19.8 Å². The number of aliphatic hydroxyl groups excluding tert-OH is 11. The van der Waals surface area contributed by atoms with Crippen molar-refractivity contribution in [2.24, 2.45) is 0 Å². The van der Waals surface area contributed by atoms with Gasteiger partial charge >= 0.3 is 5.97 Å². The molecule has 14 N–H and O–H groups in total. The van der Waals surface area contributed by atoms with Gasteiger partial charge in [0.25, 0.3) is 5.79 Å². The van der Waals surface area contributed by atoms with Crippen LogP contribution in [0.3, 0.4) is 0 Å². The van der Waals surface area contributed by atoms with Crippen molar-refractivity contribution >= 4 is 17.8 Å². The summed E-state index contributed by atoms with van der Waals surface area (Å²) >= 11 is 0. The zero-order valence-electron chi connectivity index (χ0n) is 59.5. The monoisotopic (exact) mass is 1380 g/mol. The number of carboxylic acids is 1. The summed E-state index contributed by atoms with van der Waals surface area (Å²) in [7, 11) is 0. The number of hydrogen-bond acceptors (Lipinski definition) is 20. The Morgan fingerprint density at radius 3 is 1.30 bits per heavy atom. The molecule has 0 saturated carbocycles. The molecule has 0 spiro atoms. The maximum absolute atomic E-state index is 13.5. The minimum absolute atomic E-state index is 0.229. The predicted octanol–water partition coefficient (Wildman–Crippen LogP) is 8.85. The number of ether oxygens (including phenoxy) is 6. The Balaban J connectivity index is 1.41. The van der Waals surface area contributed by atoms with Gasteiger partial charge in [0.1, 0.15) is 67.1 Å². The highest BCUT2D eigenvalue weighted by Crippen LogP contribution is 2.39. The summed E-state index contributed by atoms with van der Waals surface area (Å²) in [5.74, 6) is -6.09. The zero-order valence-corrected chi connectivity index (χ0v) is 59.5. The van der Waals surface area contributed by atoms with Crippen molar-refractivity contribution < 1.29 is 104 Å². The number of aliphatic carboxylic acids is 1. The van der Waals surface area contributed by atoms with Crippen LogP contribution in [-0.4, -0.2) is 215 Å². The van der Waals surface area contributed by atoms with Crippen LogP contribution >= 0.6 is 0 Å². The van der Waals surface area contributed by atoms with Crippen molar-refractivity contribution in [3.8, 4) is 0 Å². The molecule has 3 aliphatic rings. The number of rotatable bonds is 60. The first-order valence-corrected chi connectivity index (χ1v) is 38.4. The molecule has 0 radical (unpaired) electrons.